The van der Waals surface area contributed by atoms with Crippen LogP contribution in [-0.2, 0) is 4.79 Å². The first-order chi connectivity index (χ1) is 9.97. The quantitative estimate of drug-likeness (QED) is 0.759. The Morgan fingerprint density at radius 2 is 1.86 bits per heavy atom. The Balaban J connectivity index is 2.39. The number of carboxylic acid groups (broad SMARTS) is 1. The summed E-state index contributed by atoms with van der Waals surface area (Å²) in [4.78, 5) is 24.7. The van der Waals surface area contributed by atoms with Crippen molar-refractivity contribution in [2.24, 2.45) is 11.8 Å². The number of hydrogen-bond donors (Lipinski definition) is 2. The second-order valence-corrected chi connectivity index (χ2v) is 6.23. The van der Waals surface area contributed by atoms with Crippen LogP contribution in [0.1, 0.15) is 59.3 Å². The lowest BCUT2D eigenvalue weighted by atomic mass is 9.83. The molecule has 5 nitrogen and oxygen atoms in total. The average molecular weight is 298 g/mol. The molecule has 0 heterocycles. The molecule has 0 bridgehead atoms. The molecule has 0 aromatic heterocycles. The molecule has 0 spiro atoms. The van der Waals surface area contributed by atoms with Gasteiger partial charge in [-0.15, -0.1) is 0 Å². The first kappa shape index (κ1) is 17.8. The van der Waals surface area contributed by atoms with Gasteiger partial charge in [-0.1, -0.05) is 26.7 Å². The van der Waals surface area contributed by atoms with E-state index in [1.807, 2.05) is 6.92 Å². The highest BCUT2D eigenvalue weighted by Crippen LogP contribution is 2.27. The molecular weight excluding hydrogens is 268 g/mol. The maximum atomic E-state index is 12.2. The van der Waals surface area contributed by atoms with Gasteiger partial charge in [0.05, 0.1) is 5.92 Å². The zero-order valence-corrected chi connectivity index (χ0v) is 13.6. The number of urea groups is 1. The molecule has 1 aliphatic rings. The predicted octanol–water partition coefficient (Wildman–Crippen LogP) is 3.10. The summed E-state index contributed by atoms with van der Waals surface area (Å²) in [6.45, 7) is 6.54. The van der Waals surface area contributed by atoms with Crippen LogP contribution in [0.15, 0.2) is 0 Å². The summed E-state index contributed by atoms with van der Waals surface area (Å²) in [5, 5.41) is 12.0. The van der Waals surface area contributed by atoms with E-state index in [0.29, 0.717) is 6.54 Å². The van der Waals surface area contributed by atoms with E-state index in [4.69, 9.17) is 5.11 Å². The van der Waals surface area contributed by atoms with Crippen molar-refractivity contribution in [3.8, 4) is 0 Å². The first-order valence-electron chi connectivity index (χ1n) is 8.26. The summed E-state index contributed by atoms with van der Waals surface area (Å²) in [6.07, 6.45) is 6.99. The van der Waals surface area contributed by atoms with Crippen LogP contribution < -0.4 is 5.32 Å². The van der Waals surface area contributed by atoms with Crippen molar-refractivity contribution < 1.29 is 14.7 Å². The van der Waals surface area contributed by atoms with E-state index in [1.165, 1.54) is 25.7 Å². The van der Waals surface area contributed by atoms with Gasteiger partial charge in [-0.3, -0.25) is 4.79 Å². The van der Waals surface area contributed by atoms with Crippen LogP contribution in [0, 0.1) is 11.8 Å². The summed E-state index contributed by atoms with van der Waals surface area (Å²) < 4.78 is 0. The van der Waals surface area contributed by atoms with E-state index >= 15 is 0 Å². The molecule has 0 aromatic rings. The monoisotopic (exact) mass is 298 g/mol. The van der Waals surface area contributed by atoms with Gasteiger partial charge in [0.25, 0.3) is 0 Å². The number of nitrogens with one attached hydrogen (secondary N) is 1. The molecule has 1 aliphatic carbocycles. The van der Waals surface area contributed by atoms with Crippen molar-refractivity contribution in [2.45, 2.75) is 65.3 Å². The van der Waals surface area contributed by atoms with Crippen molar-refractivity contribution in [3.63, 3.8) is 0 Å². The molecule has 21 heavy (non-hydrogen) atoms. The fourth-order valence-corrected chi connectivity index (χ4v) is 3.03. The Hall–Kier alpha value is -1.26. The summed E-state index contributed by atoms with van der Waals surface area (Å²) in [5.41, 5.74) is 0. The van der Waals surface area contributed by atoms with Crippen molar-refractivity contribution in [1.82, 2.24) is 10.2 Å². The SMILES string of the molecule is CCCC1CCC(NC(=O)N(CC)CC(C)C(=O)O)CC1. The number of carbonyl (C=O) groups is 2. The fourth-order valence-electron chi connectivity index (χ4n) is 3.03. The number of amides is 2. The summed E-state index contributed by atoms with van der Waals surface area (Å²) in [6, 6.07) is 0.129. The van der Waals surface area contributed by atoms with E-state index in [9.17, 15) is 9.59 Å². The molecule has 1 atom stereocenters. The number of rotatable bonds is 7. The summed E-state index contributed by atoms with van der Waals surface area (Å²) >= 11 is 0. The van der Waals surface area contributed by atoms with Crippen LogP contribution in [0.25, 0.3) is 0 Å². The Labute approximate surface area is 128 Å². The third-order valence-corrected chi connectivity index (χ3v) is 4.46. The minimum Gasteiger partial charge on any atom is -0.481 e. The lowest BCUT2D eigenvalue weighted by Crippen LogP contribution is -2.47. The zero-order valence-electron chi connectivity index (χ0n) is 13.6. The highest BCUT2D eigenvalue weighted by Gasteiger charge is 2.25. The maximum absolute atomic E-state index is 12.2. The second kappa shape index (κ2) is 8.90. The molecule has 0 aromatic carbocycles. The van der Waals surface area contributed by atoms with Crippen molar-refractivity contribution >= 4 is 12.0 Å². The van der Waals surface area contributed by atoms with Gasteiger partial charge in [-0.05, 0) is 38.5 Å². The van der Waals surface area contributed by atoms with Crippen molar-refractivity contribution in [3.05, 3.63) is 0 Å². The third-order valence-electron chi connectivity index (χ3n) is 4.46. The normalized spacial score (nSPS) is 23.4. The predicted molar refractivity (Wildman–Crippen MR) is 83.2 cm³/mol. The van der Waals surface area contributed by atoms with Crippen molar-refractivity contribution in [1.29, 1.82) is 0 Å². The van der Waals surface area contributed by atoms with Gasteiger partial charge in [0.1, 0.15) is 0 Å². The fraction of sp³-hybridized carbons (Fsp3) is 0.875. The molecule has 122 valence electrons. The van der Waals surface area contributed by atoms with Crippen LogP contribution in [0.3, 0.4) is 0 Å². The first-order valence-corrected chi connectivity index (χ1v) is 8.26. The standard InChI is InChI=1S/C16H30N2O3/c1-4-6-13-7-9-14(10-8-13)17-16(21)18(5-2)11-12(3)15(19)20/h12-14H,4-11H2,1-3H3,(H,17,21)(H,19,20). The van der Waals surface area contributed by atoms with Gasteiger partial charge in [-0.25, -0.2) is 4.79 Å². The smallest absolute Gasteiger partial charge is 0.317 e. The lowest BCUT2D eigenvalue weighted by molar-refractivity contribution is -0.141. The van der Waals surface area contributed by atoms with Gasteiger partial charge in [0.15, 0.2) is 0 Å². The lowest BCUT2D eigenvalue weighted by Gasteiger charge is -2.31. The molecule has 0 saturated heterocycles. The molecule has 2 amide bonds. The van der Waals surface area contributed by atoms with Crippen LogP contribution in [-0.4, -0.2) is 41.1 Å². The van der Waals surface area contributed by atoms with E-state index in [1.54, 1.807) is 11.8 Å². The van der Waals surface area contributed by atoms with Gasteiger partial charge in [-0.2, -0.15) is 0 Å². The van der Waals surface area contributed by atoms with Crippen LogP contribution in [0.2, 0.25) is 0 Å². The molecule has 0 radical (unpaired) electrons. The van der Waals surface area contributed by atoms with Crippen molar-refractivity contribution in [2.75, 3.05) is 13.1 Å². The minimum absolute atomic E-state index is 0.121. The topological polar surface area (TPSA) is 69.6 Å². The zero-order chi connectivity index (χ0) is 15.8. The summed E-state index contributed by atoms with van der Waals surface area (Å²) in [7, 11) is 0. The van der Waals surface area contributed by atoms with E-state index in [2.05, 4.69) is 12.2 Å². The molecule has 5 heteroatoms. The van der Waals surface area contributed by atoms with Crippen LogP contribution in [0.4, 0.5) is 4.79 Å². The number of carbonyl (C=O) groups excluding carboxylic acids is 1. The number of nitrogens with zero attached hydrogens (tertiary/aromatic N) is 1. The van der Waals surface area contributed by atoms with Crippen LogP contribution in [0.5, 0.6) is 0 Å². The highest BCUT2D eigenvalue weighted by molar-refractivity contribution is 5.76. The molecular formula is C16H30N2O3. The molecule has 1 rings (SSSR count). The largest absolute Gasteiger partial charge is 0.481 e. The van der Waals surface area contributed by atoms with Gasteiger partial charge < -0.3 is 15.3 Å². The Kier molecular flexibility index (Phi) is 7.54. The average Bonchev–Trinajstić information content (AvgIpc) is 2.46. The summed E-state index contributed by atoms with van der Waals surface area (Å²) in [5.74, 6) is -0.574. The molecule has 1 unspecified atom stereocenters. The van der Waals surface area contributed by atoms with E-state index < -0.39 is 11.9 Å². The second-order valence-electron chi connectivity index (χ2n) is 6.23. The highest BCUT2D eigenvalue weighted by atomic mass is 16.4. The third kappa shape index (κ3) is 5.94. The molecule has 1 fully saturated rings. The maximum Gasteiger partial charge on any atom is 0.317 e. The Morgan fingerprint density at radius 3 is 2.33 bits per heavy atom. The van der Waals surface area contributed by atoms with Gasteiger partial charge in [0, 0.05) is 19.1 Å². The van der Waals surface area contributed by atoms with E-state index in [0.717, 1.165) is 18.8 Å². The molecule has 2 N–H and O–H groups in total. The Morgan fingerprint density at radius 1 is 1.24 bits per heavy atom. The Bertz CT molecular complexity index is 338. The minimum atomic E-state index is -0.860. The van der Waals surface area contributed by atoms with Gasteiger partial charge in [0.2, 0.25) is 0 Å². The number of aliphatic carboxylic acids is 1. The molecule has 1 saturated carbocycles. The number of hydrogen-bond acceptors (Lipinski definition) is 2. The van der Waals surface area contributed by atoms with Crippen LogP contribution >= 0.6 is 0 Å². The van der Waals surface area contributed by atoms with E-state index in [-0.39, 0.29) is 18.6 Å². The number of carboxylic acids is 1. The van der Waals surface area contributed by atoms with Gasteiger partial charge >= 0.3 is 12.0 Å². The molecule has 0 aliphatic heterocycles.